The van der Waals surface area contributed by atoms with Crippen LogP contribution in [0.3, 0.4) is 0 Å². The first-order chi connectivity index (χ1) is 15.7. The molecule has 8 heteroatoms. The predicted octanol–water partition coefficient (Wildman–Crippen LogP) is 4.64. The molecular weight excluding hydrogens is 422 g/mol. The van der Waals surface area contributed by atoms with Crippen LogP contribution in [-0.2, 0) is 4.79 Å². The minimum absolute atomic E-state index is 0.110. The minimum Gasteiger partial charge on any atom is -0.467 e. The molecule has 0 N–H and O–H groups in total. The number of furan rings is 1. The summed E-state index contributed by atoms with van der Waals surface area (Å²) >= 11 is 1.34. The lowest BCUT2D eigenvalue weighted by Gasteiger charge is -2.19. The third-order valence-corrected chi connectivity index (χ3v) is 6.23. The van der Waals surface area contributed by atoms with Crippen LogP contribution in [0.25, 0.3) is 5.69 Å². The van der Waals surface area contributed by atoms with E-state index in [0.29, 0.717) is 11.6 Å². The summed E-state index contributed by atoms with van der Waals surface area (Å²) in [5.74, 6) is 0.802. The lowest BCUT2D eigenvalue weighted by Crippen LogP contribution is -2.28. The van der Waals surface area contributed by atoms with Gasteiger partial charge in [-0.05, 0) is 36.8 Å². The molecule has 1 amide bonds. The Kier molecular flexibility index (Phi) is 5.60. The standard InChI is InChI=1S/C24H21N5O2S/c1-17-9-11-18(12-10-17)20-14-21(22-8-5-13-31-22)29(27-20)23(30)15-32-24-26-25-16-28(24)19-6-3-2-4-7-19/h2-13,16,21H,14-15H2,1H3/t21-/m1/s1. The van der Waals surface area contributed by atoms with Crippen molar-refractivity contribution < 1.29 is 9.21 Å². The number of hydrogen-bond acceptors (Lipinski definition) is 6. The predicted molar refractivity (Wildman–Crippen MR) is 123 cm³/mol. The van der Waals surface area contributed by atoms with Crippen LogP contribution in [0, 0.1) is 6.92 Å². The van der Waals surface area contributed by atoms with Crippen molar-refractivity contribution in [2.24, 2.45) is 5.10 Å². The molecule has 0 saturated heterocycles. The van der Waals surface area contributed by atoms with Crippen LogP contribution < -0.4 is 0 Å². The van der Waals surface area contributed by atoms with E-state index in [1.54, 1.807) is 17.6 Å². The van der Waals surface area contributed by atoms with Crippen molar-refractivity contribution in [3.05, 3.63) is 96.2 Å². The summed E-state index contributed by atoms with van der Waals surface area (Å²) in [6.07, 6.45) is 3.88. The molecule has 0 unspecified atom stereocenters. The monoisotopic (exact) mass is 443 g/mol. The smallest absolute Gasteiger partial charge is 0.253 e. The maximum Gasteiger partial charge on any atom is 0.253 e. The van der Waals surface area contributed by atoms with E-state index in [1.165, 1.54) is 17.3 Å². The van der Waals surface area contributed by atoms with Gasteiger partial charge < -0.3 is 4.42 Å². The number of aromatic nitrogens is 3. The molecule has 1 aliphatic rings. The van der Waals surface area contributed by atoms with Gasteiger partial charge in [0.2, 0.25) is 0 Å². The van der Waals surface area contributed by atoms with Crippen molar-refractivity contribution in [1.82, 2.24) is 19.8 Å². The highest BCUT2D eigenvalue weighted by atomic mass is 32.2. The van der Waals surface area contributed by atoms with Crippen LogP contribution >= 0.6 is 11.8 Å². The second-order valence-electron chi connectivity index (χ2n) is 7.49. The summed E-state index contributed by atoms with van der Waals surface area (Å²) in [5, 5.41) is 15.1. The number of aryl methyl sites for hydroxylation is 1. The summed E-state index contributed by atoms with van der Waals surface area (Å²) < 4.78 is 7.50. The van der Waals surface area contributed by atoms with E-state index < -0.39 is 0 Å². The van der Waals surface area contributed by atoms with E-state index in [0.717, 1.165) is 22.7 Å². The molecular formula is C24H21N5O2S. The van der Waals surface area contributed by atoms with Crippen molar-refractivity contribution in [1.29, 1.82) is 0 Å². The number of hydrogen-bond donors (Lipinski definition) is 0. The van der Waals surface area contributed by atoms with Gasteiger partial charge in [0.05, 0.1) is 17.7 Å². The number of benzene rings is 2. The van der Waals surface area contributed by atoms with Gasteiger partial charge in [-0.25, -0.2) is 5.01 Å². The van der Waals surface area contributed by atoms with Gasteiger partial charge in [0.25, 0.3) is 5.91 Å². The molecule has 0 bridgehead atoms. The molecule has 7 nitrogen and oxygen atoms in total. The van der Waals surface area contributed by atoms with Gasteiger partial charge in [0.15, 0.2) is 5.16 Å². The van der Waals surface area contributed by atoms with Crippen LogP contribution in [0.5, 0.6) is 0 Å². The first kappa shape index (κ1) is 20.3. The molecule has 3 heterocycles. The molecule has 1 atom stereocenters. The molecule has 0 spiro atoms. The van der Waals surface area contributed by atoms with Gasteiger partial charge in [-0.15, -0.1) is 10.2 Å². The Balaban J connectivity index is 1.36. The summed E-state index contributed by atoms with van der Waals surface area (Å²) in [7, 11) is 0. The zero-order valence-corrected chi connectivity index (χ0v) is 18.3. The highest BCUT2D eigenvalue weighted by Crippen LogP contribution is 2.34. The number of hydrazone groups is 1. The van der Waals surface area contributed by atoms with Crippen LogP contribution in [0.1, 0.15) is 29.3 Å². The third-order valence-electron chi connectivity index (χ3n) is 5.30. The zero-order valence-electron chi connectivity index (χ0n) is 17.5. The number of thioether (sulfide) groups is 1. The number of rotatable bonds is 6. The van der Waals surface area contributed by atoms with Gasteiger partial charge >= 0.3 is 0 Å². The van der Waals surface area contributed by atoms with Crippen LogP contribution in [0.2, 0.25) is 0 Å². The largest absolute Gasteiger partial charge is 0.467 e. The van der Waals surface area contributed by atoms with Crippen molar-refractivity contribution >= 4 is 23.4 Å². The Hall–Kier alpha value is -3.65. The lowest BCUT2D eigenvalue weighted by atomic mass is 10.0. The molecule has 2 aromatic carbocycles. The van der Waals surface area contributed by atoms with Crippen molar-refractivity contribution in [2.75, 3.05) is 5.75 Å². The highest BCUT2D eigenvalue weighted by Gasteiger charge is 2.34. The lowest BCUT2D eigenvalue weighted by molar-refractivity contribution is -0.130. The number of para-hydroxylation sites is 1. The SMILES string of the molecule is Cc1ccc(C2=NN(C(=O)CSc3nncn3-c3ccccc3)[C@@H](c3ccco3)C2)cc1. The molecule has 2 aromatic heterocycles. The topological polar surface area (TPSA) is 76.5 Å². The van der Waals surface area contributed by atoms with Gasteiger partial charge in [-0.2, -0.15) is 5.10 Å². The second kappa shape index (κ2) is 8.84. The van der Waals surface area contributed by atoms with Gasteiger partial charge in [0, 0.05) is 12.1 Å². The van der Waals surface area contributed by atoms with Crippen molar-refractivity contribution in [3.8, 4) is 5.69 Å². The molecule has 5 rings (SSSR count). The van der Waals surface area contributed by atoms with E-state index in [2.05, 4.69) is 22.3 Å². The Labute approximate surface area is 189 Å². The fourth-order valence-corrected chi connectivity index (χ4v) is 4.43. The van der Waals surface area contributed by atoms with E-state index >= 15 is 0 Å². The zero-order chi connectivity index (χ0) is 21.9. The van der Waals surface area contributed by atoms with Crippen molar-refractivity contribution in [2.45, 2.75) is 24.5 Å². The normalized spacial score (nSPS) is 15.7. The molecule has 0 aliphatic carbocycles. The first-order valence-electron chi connectivity index (χ1n) is 10.3. The Bertz CT molecular complexity index is 1230. The minimum atomic E-state index is -0.263. The molecule has 0 radical (unpaired) electrons. The Morgan fingerprint density at radius 2 is 1.91 bits per heavy atom. The fraction of sp³-hybridized carbons (Fsp3) is 0.167. The maximum absolute atomic E-state index is 13.2. The van der Waals surface area contributed by atoms with E-state index in [9.17, 15) is 4.79 Å². The Morgan fingerprint density at radius 1 is 1.09 bits per heavy atom. The number of carbonyl (C=O) groups excluding carboxylic acids is 1. The van der Waals surface area contributed by atoms with E-state index in [4.69, 9.17) is 9.52 Å². The second-order valence-corrected chi connectivity index (χ2v) is 8.44. The fourth-order valence-electron chi connectivity index (χ4n) is 3.64. The van der Waals surface area contributed by atoms with Gasteiger partial charge in [-0.1, -0.05) is 59.8 Å². The number of nitrogens with zero attached hydrogens (tertiary/aromatic N) is 5. The number of amides is 1. The Morgan fingerprint density at radius 3 is 2.66 bits per heavy atom. The summed E-state index contributed by atoms with van der Waals surface area (Å²) in [6, 6.07) is 21.4. The summed E-state index contributed by atoms with van der Waals surface area (Å²) in [4.78, 5) is 13.2. The van der Waals surface area contributed by atoms with Gasteiger partial charge in [-0.3, -0.25) is 9.36 Å². The molecule has 32 heavy (non-hydrogen) atoms. The third kappa shape index (κ3) is 4.09. The molecule has 1 aliphatic heterocycles. The average Bonchev–Trinajstić information content (AvgIpc) is 3.59. The number of carbonyl (C=O) groups is 1. The highest BCUT2D eigenvalue weighted by molar-refractivity contribution is 7.99. The quantitative estimate of drug-likeness (QED) is 0.406. The first-order valence-corrected chi connectivity index (χ1v) is 11.3. The molecule has 160 valence electrons. The van der Waals surface area contributed by atoms with Crippen LogP contribution in [-0.4, -0.2) is 37.1 Å². The molecule has 0 saturated carbocycles. The summed E-state index contributed by atoms with van der Waals surface area (Å²) in [6.45, 7) is 2.05. The van der Waals surface area contributed by atoms with E-state index in [-0.39, 0.29) is 17.7 Å². The van der Waals surface area contributed by atoms with E-state index in [1.807, 2.05) is 66.1 Å². The summed E-state index contributed by atoms with van der Waals surface area (Å²) in [5.41, 5.74) is 4.01. The van der Waals surface area contributed by atoms with Gasteiger partial charge in [0.1, 0.15) is 18.1 Å². The average molecular weight is 444 g/mol. The maximum atomic E-state index is 13.2. The van der Waals surface area contributed by atoms with Crippen LogP contribution in [0.15, 0.2) is 94.0 Å². The molecule has 4 aromatic rings. The van der Waals surface area contributed by atoms with Crippen LogP contribution in [0.4, 0.5) is 0 Å². The molecule has 0 fully saturated rings. The van der Waals surface area contributed by atoms with Crippen molar-refractivity contribution in [3.63, 3.8) is 0 Å².